The van der Waals surface area contributed by atoms with E-state index < -0.39 is 47.0 Å². The molecule has 0 atom stereocenters. The van der Waals surface area contributed by atoms with Gasteiger partial charge >= 0.3 is 24.4 Å². The van der Waals surface area contributed by atoms with Crippen LogP contribution in [0.3, 0.4) is 0 Å². The fourth-order valence-corrected chi connectivity index (χ4v) is 6.12. The molecule has 11 nitrogen and oxygen atoms in total. The summed E-state index contributed by atoms with van der Waals surface area (Å²) >= 11 is 3.47. The Morgan fingerprint density at radius 2 is 1.74 bits per heavy atom. The lowest BCUT2D eigenvalue weighted by Crippen LogP contribution is -2.49. The van der Waals surface area contributed by atoms with Crippen molar-refractivity contribution in [2.75, 3.05) is 11.4 Å². The number of hydrogen-bond acceptors (Lipinski definition) is 7. The van der Waals surface area contributed by atoms with Gasteiger partial charge in [0.25, 0.3) is 5.91 Å². The molecule has 0 aromatic carbocycles. The molecule has 3 aromatic heterocycles. The van der Waals surface area contributed by atoms with Crippen molar-refractivity contribution in [1.29, 1.82) is 0 Å². The molecule has 1 saturated heterocycles. The maximum absolute atomic E-state index is 13.3. The summed E-state index contributed by atoms with van der Waals surface area (Å²) in [5.41, 5.74) is -1.77. The van der Waals surface area contributed by atoms with Crippen molar-refractivity contribution in [2.24, 2.45) is 0 Å². The van der Waals surface area contributed by atoms with Crippen molar-refractivity contribution in [2.45, 2.75) is 55.6 Å². The zero-order valence-corrected chi connectivity index (χ0v) is 22.7. The second-order valence-corrected chi connectivity index (χ2v) is 10.9. The molecule has 0 radical (unpaired) electrons. The Balaban J connectivity index is 0.000000451. The number of carbonyl (C=O) groups excluding carboxylic acids is 2. The van der Waals surface area contributed by atoms with Crippen LogP contribution >= 0.6 is 15.9 Å². The molecule has 1 aliphatic heterocycles. The van der Waals surface area contributed by atoms with Gasteiger partial charge in [-0.1, -0.05) is 0 Å². The number of halogens is 7. The summed E-state index contributed by atoms with van der Waals surface area (Å²) in [5, 5.41) is 7.84. The second-order valence-electron chi connectivity index (χ2n) is 10.1. The molecule has 0 unspecified atom stereocenters. The Hall–Kier alpha value is -3.96. The Kier molecular flexibility index (Phi) is 7.10. The Morgan fingerprint density at radius 1 is 1.07 bits per heavy atom. The average Bonchev–Trinajstić information content (AvgIpc) is 3.65. The number of rotatable bonds is 4. The van der Waals surface area contributed by atoms with Crippen molar-refractivity contribution in [3.8, 4) is 5.88 Å². The van der Waals surface area contributed by atoms with E-state index in [0.29, 0.717) is 55.2 Å². The first-order valence-corrected chi connectivity index (χ1v) is 13.0. The normalized spacial score (nSPS) is 23.9. The number of hydrogen-bond donors (Lipinski definition) is 2. The number of aliphatic carboxylic acids is 1. The van der Waals surface area contributed by atoms with Crippen LogP contribution in [0, 0.1) is 0 Å². The van der Waals surface area contributed by atoms with Crippen molar-refractivity contribution in [3.63, 3.8) is 0 Å². The third-order valence-electron chi connectivity index (χ3n) is 7.49. The number of H-pyrrole nitrogens is 1. The van der Waals surface area contributed by atoms with Crippen LogP contribution in [-0.4, -0.2) is 71.7 Å². The highest BCUT2D eigenvalue weighted by Gasteiger charge is 2.63. The van der Waals surface area contributed by atoms with Gasteiger partial charge in [-0.2, -0.15) is 26.3 Å². The second kappa shape index (κ2) is 10.1. The molecule has 6 rings (SSSR count). The first-order valence-electron chi connectivity index (χ1n) is 12.2. The van der Waals surface area contributed by atoms with Gasteiger partial charge in [-0.15, -0.1) is 0 Å². The first kappa shape index (κ1) is 29.5. The molecule has 18 heteroatoms. The zero-order valence-electron chi connectivity index (χ0n) is 21.1. The lowest BCUT2D eigenvalue weighted by Gasteiger charge is -2.34. The Morgan fingerprint density at radius 3 is 2.36 bits per heavy atom. The van der Waals surface area contributed by atoms with E-state index in [1.54, 1.807) is 6.20 Å². The highest BCUT2D eigenvalue weighted by atomic mass is 79.9. The molecule has 42 heavy (non-hydrogen) atoms. The molecule has 3 fully saturated rings. The van der Waals surface area contributed by atoms with Crippen LogP contribution < -0.4 is 9.64 Å². The number of carbonyl (C=O) groups is 3. The number of nitrogens with zero attached hydrogens (tertiary/aromatic N) is 5. The third-order valence-corrected chi connectivity index (χ3v) is 8.11. The molecular formula is C24H19BrF6N6O5. The molecule has 4 heterocycles. The van der Waals surface area contributed by atoms with E-state index in [9.17, 15) is 35.9 Å². The monoisotopic (exact) mass is 664 g/mol. The maximum Gasteiger partial charge on any atom is 0.490 e. The number of pyridine rings is 1. The number of carboxylic acids is 1. The third kappa shape index (κ3) is 5.22. The number of fused-ring (bicyclic) bond motifs is 3. The number of aromatic amines is 1. The van der Waals surface area contributed by atoms with Crippen molar-refractivity contribution in [3.05, 3.63) is 41.0 Å². The SMILES string of the molecule is O=C(O)C(F)(F)F.O=C1CN(c2cncc(C(F)(F)F)c2)C(=O)N1C12CCC(Oc3ncnc4[nH]cc(Br)c34)(CC1)C2. The van der Waals surface area contributed by atoms with Crippen molar-refractivity contribution >= 4 is 50.6 Å². The molecule has 2 aliphatic carbocycles. The van der Waals surface area contributed by atoms with Crippen molar-refractivity contribution < 1.29 is 50.6 Å². The van der Waals surface area contributed by atoms with Crippen LogP contribution in [0.5, 0.6) is 5.88 Å². The maximum atomic E-state index is 13.3. The molecule has 3 aliphatic rings. The molecular weight excluding hydrogens is 646 g/mol. The van der Waals surface area contributed by atoms with Gasteiger partial charge in [0.2, 0.25) is 5.88 Å². The van der Waals surface area contributed by atoms with Crippen LogP contribution in [-0.2, 0) is 15.8 Å². The van der Waals surface area contributed by atoms with E-state index >= 15 is 0 Å². The Labute approximate surface area is 240 Å². The number of anilines is 1. The van der Waals surface area contributed by atoms with E-state index in [-0.39, 0.29) is 12.2 Å². The number of urea groups is 1. The lowest BCUT2D eigenvalue weighted by atomic mass is 9.91. The summed E-state index contributed by atoms with van der Waals surface area (Å²) in [4.78, 5) is 52.7. The predicted octanol–water partition coefficient (Wildman–Crippen LogP) is 5.07. The van der Waals surface area contributed by atoms with E-state index in [1.165, 1.54) is 11.2 Å². The molecule has 3 aromatic rings. The summed E-state index contributed by atoms with van der Waals surface area (Å²) < 4.78 is 78.4. The predicted molar refractivity (Wildman–Crippen MR) is 133 cm³/mol. The summed E-state index contributed by atoms with van der Waals surface area (Å²) in [7, 11) is 0. The van der Waals surface area contributed by atoms with Gasteiger partial charge in [-0.3, -0.25) is 19.6 Å². The van der Waals surface area contributed by atoms with Gasteiger partial charge in [-0.05, 0) is 47.7 Å². The fraction of sp³-hybridized carbons (Fsp3) is 0.417. The zero-order chi connectivity index (χ0) is 30.7. The molecule has 2 N–H and O–H groups in total. The molecule has 2 saturated carbocycles. The van der Waals surface area contributed by atoms with E-state index in [1.807, 2.05) is 0 Å². The minimum atomic E-state index is -5.08. The quantitative estimate of drug-likeness (QED) is 0.291. The number of ether oxygens (including phenoxy) is 1. The topological polar surface area (TPSA) is 142 Å². The van der Waals surface area contributed by atoms with E-state index in [0.717, 1.165) is 21.6 Å². The van der Waals surface area contributed by atoms with Gasteiger partial charge < -0.3 is 14.8 Å². The number of amides is 3. The molecule has 0 spiro atoms. The highest BCUT2D eigenvalue weighted by Crippen LogP contribution is 2.56. The lowest BCUT2D eigenvalue weighted by molar-refractivity contribution is -0.192. The summed E-state index contributed by atoms with van der Waals surface area (Å²) in [6.45, 7) is -0.333. The molecule has 3 amide bonds. The summed E-state index contributed by atoms with van der Waals surface area (Å²) in [5.74, 6) is -2.79. The highest BCUT2D eigenvalue weighted by molar-refractivity contribution is 9.10. The van der Waals surface area contributed by atoms with Gasteiger partial charge in [0.1, 0.15) is 24.1 Å². The van der Waals surface area contributed by atoms with Crippen LogP contribution in [0.15, 0.2) is 35.5 Å². The molecule has 2 bridgehead atoms. The standard InChI is InChI=1S/C22H18BrF3N6O3.C2HF3O2/c23-14-8-28-17-16(14)18(30-11-29-17)35-21-3-1-20(10-21,2-4-21)32-15(33)9-31(19(32)34)13-5-12(6-27-7-13)22(24,25)26;3-2(4,5)1(6)7/h5-8,11H,1-4,9-10H2,(H,28,29,30);(H,6,7). The molecule has 224 valence electrons. The fourth-order valence-electron chi connectivity index (χ4n) is 5.65. The Bertz CT molecular complexity index is 1570. The van der Waals surface area contributed by atoms with Crippen molar-refractivity contribution in [1.82, 2.24) is 24.8 Å². The number of imide groups is 1. The van der Waals surface area contributed by atoms with E-state index in [2.05, 4.69) is 35.9 Å². The number of aromatic nitrogens is 4. The van der Waals surface area contributed by atoms with E-state index in [4.69, 9.17) is 14.6 Å². The largest absolute Gasteiger partial charge is 0.490 e. The van der Waals surface area contributed by atoms with Crippen LogP contribution in [0.1, 0.15) is 37.7 Å². The average molecular weight is 665 g/mol. The smallest absolute Gasteiger partial charge is 0.475 e. The van der Waals surface area contributed by atoms with Gasteiger partial charge in [0.05, 0.1) is 28.4 Å². The minimum absolute atomic E-state index is 0.0590. The van der Waals surface area contributed by atoms with Gasteiger partial charge in [-0.25, -0.2) is 19.6 Å². The number of nitrogens with one attached hydrogen (secondary N) is 1. The summed E-state index contributed by atoms with van der Waals surface area (Å²) in [6.07, 6.45) is -1.95. The van der Waals surface area contributed by atoms with Crippen LogP contribution in [0.4, 0.5) is 36.8 Å². The van der Waals surface area contributed by atoms with Gasteiger partial charge in [0.15, 0.2) is 0 Å². The minimum Gasteiger partial charge on any atom is -0.475 e. The number of carboxylic acid groups (broad SMARTS) is 1. The van der Waals surface area contributed by atoms with Gasteiger partial charge in [0, 0.05) is 23.3 Å². The van der Waals surface area contributed by atoms with Crippen LogP contribution in [0.25, 0.3) is 11.0 Å². The summed E-state index contributed by atoms with van der Waals surface area (Å²) in [6, 6.07) is 0.206. The van der Waals surface area contributed by atoms with Crippen LogP contribution in [0.2, 0.25) is 0 Å². The first-order chi connectivity index (χ1) is 19.6. The number of alkyl halides is 6.